The highest BCUT2D eigenvalue weighted by molar-refractivity contribution is 6.00. The van der Waals surface area contributed by atoms with Crippen LogP contribution < -0.4 is 0 Å². The summed E-state index contributed by atoms with van der Waals surface area (Å²) >= 11 is 0. The third-order valence-corrected chi connectivity index (χ3v) is 5.47. The van der Waals surface area contributed by atoms with Gasteiger partial charge in [0.2, 0.25) is 0 Å². The van der Waals surface area contributed by atoms with E-state index in [4.69, 9.17) is 0 Å². The van der Waals surface area contributed by atoms with Crippen molar-refractivity contribution in [3.05, 3.63) is 11.1 Å². The van der Waals surface area contributed by atoms with Crippen LogP contribution in [0.3, 0.4) is 0 Å². The maximum absolute atomic E-state index is 11.9. The Hall–Kier alpha value is -0.630. The van der Waals surface area contributed by atoms with Crippen molar-refractivity contribution >= 4 is 5.78 Å². The van der Waals surface area contributed by atoms with Gasteiger partial charge in [-0.2, -0.15) is 0 Å². The van der Waals surface area contributed by atoms with Crippen LogP contribution in [0.2, 0.25) is 0 Å². The smallest absolute Gasteiger partial charge is 0.159 e. The third-order valence-electron chi connectivity index (χ3n) is 5.47. The van der Waals surface area contributed by atoms with Crippen LogP contribution in [0, 0.1) is 22.7 Å². The summed E-state index contributed by atoms with van der Waals surface area (Å²) < 4.78 is 0. The molecule has 4 atom stereocenters. The van der Waals surface area contributed by atoms with E-state index in [-0.39, 0.29) is 17.3 Å². The molecular formula is C15H22O2. The maximum atomic E-state index is 11.9. The molecule has 4 unspecified atom stereocenters. The van der Waals surface area contributed by atoms with E-state index in [2.05, 4.69) is 20.8 Å². The standard InChI is InChI=1S/C15H22O2/c1-8-11(16)7-15(4)12(8)9-5-14(2,3)6-10(9)13(15)17/h9-10,13,17H,5-7H2,1-4H3. The number of aliphatic hydroxyl groups is 1. The highest BCUT2D eigenvalue weighted by Crippen LogP contribution is 2.65. The Kier molecular flexibility index (Phi) is 2.04. The number of carbonyl (C=O) groups is 1. The van der Waals surface area contributed by atoms with Crippen molar-refractivity contribution in [2.75, 3.05) is 0 Å². The third kappa shape index (κ3) is 1.28. The van der Waals surface area contributed by atoms with Crippen LogP contribution in [-0.4, -0.2) is 17.0 Å². The summed E-state index contributed by atoms with van der Waals surface area (Å²) in [5.74, 6) is 1.09. The van der Waals surface area contributed by atoms with Crippen molar-refractivity contribution in [3.63, 3.8) is 0 Å². The Labute approximate surface area is 103 Å². The molecule has 2 saturated carbocycles. The number of ketones is 1. The Balaban J connectivity index is 2.10. The minimum atomic E-state index is -0.314. The van der Waals surface area contributed by atoms with Crippen molar-refractivity contribution in [2.45, 2.75) is 53.1 Å². The van der Waals surface area contributed by atoms with Gasteiger partial charge < -0.3 is 5.11 Å². The zero-order valence-corrected chi connectivity index (χ0v) is 11.2. The van der Waals surface area contributed by atoms with Crippen LogP contribution in [0.1, 0.15) is 47.0 Å². The molecule has 0 aromatic carbocycles. The minimum absolute atomic E-state index is 0.243. The average molecular weight is 234 g/mol. The second-order valence-electron chi connectivity index (χ2n) is 7.34. The van der Waals surface area contributed by atoms with Gasteiger partial charge in [-0.05, 0) is 42.6 Å². The van der Waals surface area contributed by atoms with E-state index in [9.17, 15) is 9.90 Å². The lowest BCUT2D eigenvalue weighted by atomic mass is 9.77. The Morgan fingerprint density at radius 2 is 1.88 bits per heavy atom. The van der Waals surface area contributed by atoms with Crippen molar-refractivity contribution in [2.24, 2.45) is 22.7 Å². The van der Waals surface area contributed by atoms with Crippen LogP contribution in [0.5, 0.6) is 0 Å². The van der Waals surface area contributed by atoms with E-state index in [1.165, 1.54) is 5.57 Å². The van der Waals surface area contributed by atoms with Gasteiger partial charge >= 0.3 is 0 Å². The number of aliphatic hydroxyl groups excluding tert-OH is 1. The Morgan fingerprint density at radius 3 is 2.53 bits per heavy atom. The predicted molar refractivity (Wildman–Crippen MR) is 66.4 cm³/mol. The highest BCUT2D eigenvalue weighted by atomic mass is 16.3. The molecule has 2 heteroatoms. The number of carbonyl (C=O) groups excluding carboxylic acids is 1. The zero-order chi connectivity index (χ0) is 12.6. The molecule has 1 N–H and O–H groups in total. The van der Waals surface area contributed by atoms with E-state index in [0.29, 0.717) is 23.7 Å². The van der Waals surface area contributed by atoms with Crippen molar-refractivity contribution in [3.8, 4) is 0 Å². The summed E-state index contributed by atoms with van der Waals surface area (Å²) in [6, 6.07) is 0. The molecule has 0 aliphatic heterocycles. The molecule has 94 valence electrons. The van der Waals surface area contributed by atoms with Crippen molar-refractivity contribution in [1.82, 2.24) is 0 Å². The molecule has 0 saturated heterocycles. The first-order chi connectivity index (χ1) is 7.76. The monoisotopic (exact) mass is 234 g/mol. The number of Topliss-reactive ketones (excluding diaryl/α,β-unsaturated/α-hetero) is 1. The first-order valence-electron chi connectivity index (χ1n) is 6.69. The maximum Gasteiger partial charge on any atom is 0.159 e. The summed E-state index contributed by atoms with van der Waals surface area (Å²) in [7, 11) is 0. The van der Waals surface area contributed by atoms with Gasteiger partial charge in [0.05, 0.1) is 6.10 Å². The molecular weight excluding hydrogens is 212 g/mol. The molecule has 3 rings (SSSR count). The molecule has 0 radical (unpaired) electrons. The largest absolute Gasteiger partial charge is 0.392 e. The molecule has 2 fully saturated rings. The van der Waals surface area contributed by atoms with Gasteiger partial charge in [0, 0.05) is 11.8 Å². The van der Waals surface area contributed by atoms with Crippen LogP contribution >= 0.6 is 0 Å². The van der Waals surface area contributed by atoms with Gasteiger partial charge in [-0.15, -0.1) is 0 Å². The second-order valence-corrected chi connectivity index (χ2v) is 7.34. The zero-order valence-electron chi connectivity index (χ0n) is 11.2. The van der Waals surface area contributed by atoms with Gasteiger partial charge in [-0.3, -0.25) is 4.79 Å². The molecule has 2 nitrogen and oxygen atoms in total. The fourth-order valence-corrected chi connectivity index (χ4v) is 4.84. The summed E-state index contributed by atoms with van der Waals surface area (Å²) in [4.78, 5) is 11.9. The molecule has 3 aliphatic carbocycles. The number of hydrogen-bond acceptors (Lipinski definition) is 2. The lowest BCUT2D eigenvalue weighted by Gasteiger charge is -2.30. The summed E-state index contributed by atoms with van der Waals surface area (Å²) in [6.45, 7) is 8.61. The quantitative estimate of drug-likeness (QED) is 0.699. The van der Waals surface area contributed by atoms with Crippen LogP contribution in [0.25, 0.3) is 0 Å². The molecule has 3 aliphatic rings. The van der Waals surface area contributed by atoms with E-state index < -0.39 is 0 Å². The Bertz CT molecular complexity index is 432. The molecule has 0 aromatic heterocycles. The summed E-state index contributed by atoms with van der Waals surface area (Å²) in [5.41, 5.74) is 2.33. The SMILES string of the molecule is CC1=C2C3CC(C)(C)CC3C(O)C2(C)CC1=O. The van der Waals surface area contributed by atoms with Crippen LogP contribution in [0.4, 0.5) is 0 Å². The first-order valence-corrected chi connectivity index (χ1v) is 6.69. The van der Waals surface area contributed by atoms with Crippen molar-refractivity contribution in [1.29, 1.82) is 0 Å². The van der Waals surface area contributed by atoms with E-state index >= 15 is 0 Å². The average Bonchev–Trinajstić information content (AvgIpc) is 2.68. The molecule has 0 bridgehead atoms. The van der Waals surface area contributed by atoms with Gasteiger partial charge in [0.15, 0.2) is 5.78 Å². The molecule has 0 heterocycles. The predicted octanol–water partition coefficient (Wildman–Crippen LogP) is 2.71. The topological polar surface area (TPSA) is 37.3 Å². The van der Waals surface area contributed by atoms with Gasteiger partial charge in [0.1, 0.15) is 0 Å². The summed E-state index contributed by atoms with van der Waals surface area (Å²) in [5, 5.41) is 10.6. The van der Waals surface area contributed by atoms with Crippen LogP contribution in [-0.2, 0) is 4.79 Å². The van der Waals surface area contributed by atoms with E-state index in [1.807, 2.05) is 6.92 Å². The molecule has 0 amide bonds. The van der Waals surface area contributed by atoms with Gasteiger partial charge in [-0.1, -0.05) is 26.3 Å². The van der Waals surface area contributed by atoms with Gasteiger partial charge in [-0.25, -0.2) is 0 Å². The fourth-order valence-electron chi connectivity index (χ4n) is 4.84. The lowest BCUT2D eigenvalue weighted by Crippen LogP contribution is -2.32. The van der Waals surface area contributed by atoms with E-state index in [1.54, 1.807) is 0 Å². The Morgan fingerprint density at radius 1 is 1.24 bits per heavy atom. The first kappa shape index (κ1) is 11.5. The molecule has 0 aromatic rings. The number of allylic oxidation sites excluding steroid dienone is 1. The summed E-state index contributed by atoms with van der Waals surface area (Å²) in [6.07, 6.45) is 2.44. The van der Waals surface area contributed by atoms with Crippen LogP contribution in [0.15, 0.2) is 11.1 Å². The second kappa shape index (κ2) is 3.03. The molecule has 0 spiro atoms. The molecule has 17 heavy (non-hydrogen) atoms. The number of rotatable bonds is 0. The highest BCUT2D eigenvalue weighted by Gasteiger charge is 2.61. The lowest BCUT2D eigenvalue weighted by molar-refractivity contribution is -0.117. The minimum Gasteiger partial charge on any atom is -0.392 e. The van der Waals surface area contributed by atoms with Gasteiger partial charge in [0.25, 0.3) is 0 Å². The normalized spacial score (nSPS) is 47.6. The van der Waals surface area contributed by atoms with Crippen molar-refractivity contribution < 1.29 is 9.90 Å². The fraction of sp³-hybridized carbons (Fsp3) is 0.800. The number of fused-ring (bicyclic) bond motifs is 3. The van der Waals surface area contributed by atoms with E-state index in [0.717, 1.165) is 18.4 Å². The number of hydrogen-bond donors (Lipinski definition) is 1.